The fraction of sp³-hybridized carbons (Fsp3) is 0.550. The van der Waals surface area contributed by atoms with Crippen molar-refractivity contribution in [1.82, 2.24) is 9.78 Å². The summed E-state index contributed by atoms with van der Waals surface area (Å²) in [5.41, 5.74) is 2.51. The normalized spacial score (nSPS) is 14.4. The molecule has 0 bridgehead atoms. The van der Waals surface area contributed by atoms with E-state index < -0.39 is 0 Å². The van der Waals surface area contributed by atoms with Gasteiger partial charge < -0.3 is 10.1 Å². The zero-order valence-electron chi connectivity index (χ0n) is 16.5. The summed E-state index contributed by atoms with van der Waals surface area (Å²) in [6.07, 6.45) is 6.78. The highest BCUT2D eigenvalue weighted by Gasteiger charge is 2.28. The lowest BCUT2D eigenvalue weighted by atomic mass is 9.95. The van der Waals surface area contributed by atoms with Gasteiger partial charge in [-0.2, -0.15) is 5.10 Å². The molecule has 1 N–H and O–H groups in total. The van der Waals surface area contributed by atoms with Gasteiger partial charge in [0.2, 0.25) is 5.91 Å². The molecule has 0 aliphatic heterocycles. The van der Waals surface area contributed by atoms with Crippen LogP contribution in [-0.4, -0.2) is 27.8 Å². The Morgan fingerprint density at radius 2 is 2.14 bits per heavy atom. The zero-order chi connectivity index (χ0) is 20.3. The molecule has 6 nitrogen and oxygen atoms in total. The van der Waals surface area contributed by atoms with Gasteiger partial charge in [-0.05, 0) is 67.4 Å². The van der Waals surface area contributed by atoms with Crippen LogP contribution in [0.2, 0.25) is 0 Å². The number of hydrogen-bond donors (Lipinski definition) is 1. The predicted octanol–water partition coefficient (Wildman–Crippen LogP) is 4.88. The zero-order valence-corrected chi connectivity index (χ0v) is 18.9. The molecule has 0 fully saturated rings. The standard InChI is InChI=1S/C20H26BrN3O3S/c1-4-12(2)27-20(26)18-14-7-5-6-8-16(14)28-19(18)22-17(25)9-10-24-11-15(21)13(3)23-24/h11-12H,4-10H2,1-3H3,(H,22,25). The van der Waals surface area contributed by atoms with Crippen molar-refractivity contribution in [2.24, 2.45) is 0 Å². The Hall–Kier alpha value is -1.67. The van der Waals surface area contributed by atoms with Gasteiger partial charge in [0.05, 0.1) is 21.8 Å². The molecule has 0 aromatic carbocycles. The molecule has 0 saturated carbocycles. The maximum absolute atomic E-state index is 12.8. The number of nitrogens with one attached hydrogen (secondary N) is 1. The number of ether oxygens (including phenoxy) is 1. The van der Waals surface area contributed by atoms with Crippen LogP contribution in [0.3, 0.4) is 0 Å². The Morgan fingerprint density at radius 1 is 1.39 bits per heavy atom. The molecule has 1 unspecified atom stereocenters. The summed E-state index contributed by atoms with van der Waals surface area (Å²) in [5, 5.41) is 7.93. The average Bonchev–Trinajstić information content (AvgIpc) is 3.19. The minimum Gasteiger partial charge on any atom is -0.459 e. The second-order valence-corrected chi connectivity index (χ2v) is 9.12. The number of amides is 1. The number of nitrogens with zero attached hydrogens (tertiary/aromatic N) is 2. The van der Waals surface area contributed by atoms with E-state index in [1.54, 1.807) is 4.68 Å². The van der Waals surface area contributed by atoms with E-state index in [1.165, 1.54) is 16.2 Å². The third-order valence-corrected chi connectivity index (χ3v) is 6.95. The molecule has 1 aliphatic carbocycles. The summed E-state index contributed by atoms with van der Waals surface area (Å²) in [6.45, 7) is 6.26. The highest BCUT2D eigenvalue weighted by molar-refractivity contribution is 9.10. The Kier molecular flexibility index (Phi) is 6.93. The highest BCUT2D eigenvalue weighted by Crippen LogP contribution is 2.38. The number of anilines is 1. The van der Waals surface area contributed by atoms with Crippen molar-refractivity contribution >= 4 is 44.1 Å². The van der Waals surface area contributed by atoms with E-state index in [1.807, 2.05) is 27.0 Å². The van der Waals surface area contributed by atoms with Gasteiger partial charge in [-0.25, -0.2) is 4.79 Å². The number of carbonyl (C=O) groups excluding carboxylic acids is 2. The first-order valence-electron chi connectivity index (χ1n) is 9.74. The van der Waals surface area contributed by atoms with Crippen LogP contribution in [0.15, 0.2) is 10.7 Å². The summed E-state index contributed by atoms with van der Waals surface area (Å²) in [6, 6.07) is 0. The number of halogens is 1. The summed E-state index contributed by atoms with van der Waals surface area (Å²) < 4.78 is 8.25. The topological polar surface area (TPSA) is 73.2 Å². The van der Waals surface area contributed by atoms with Crippen molar-refractivity contribution in [3.63, 3.8) is 0 Å². The number of carbonyl (C=O) groups is 2. The lowest BCUT2D eigenvalue weighted by Crippen LogP contribution is -2.19. The summed E-state index contributed by atoms with van der Waals surface area (Å²) >= 11 is 4.95. The fourth-order valence-corrected chi connectivity index (χ4v) is 4.82. The van der Waals surface area contributed by atoms with Crippen molar-refractivity contribution in [1.29, 1.82) is 0 Å². The van der Waals surface area contributed by atoms with Crippen LogP contribution in [0.1, 0.15) is 66.0 Å². The molecule has 1 amide bonds. The third kappa shape index (κ3) is 4.84. The van der Waals surface area contributed by atoms with Crippen molar-refractivity contribution in [2.75, 3.05) is 5.32 Å². The largest absolute Gasteiger partial charge is 0.459 e. The smallest absolute Gasteiger partial charge is 0.341 e. The van der Waals surface area contributed by atoms with Gasteiger partial charge in [-0.15, -0.1) is 11.3 Å². The number of rotatable bonds is 7. The van der Waals surface area contributed by atoms with E-state index in [0.717, 1.165) is 47.8 Å². The van der Waals surface area contributed by atoms with Crippen LogP contribution in [-0.2, 0) is 28.9 Å². The van der Waals surface area contributed by atoms with Crippen molar-refractivity contribution in [3.8, 4) is 0 Å². The fourth-order valence-electron chi connectivity index (χ4n) is 3.21. The second kappa shape index (κ2) is 9.22. The highest BCUT2D eigenvalue weighted by atomic mass is 79.9. The Bertz CT molecular complexity index is 855. The van der Waals surface area contributed by atoms with Crippen molar-refractivity contribution < 1.29 is 14.3 Å². The van der Waals surface area contributed by atoms with Gasteiger partial charge in [0, 0.05) is 24.0 Å². The third-order valence-electron chi connectivity index (χ3n) is 4.97. The first kappa shape index (κ1) is 21.0. The summed E-state index contributed by atoms with van der Waals surface area (Å²) in [4.78, 5) is 26.5. The molecule has 28 heavy (non-hydrogen) atoms. The first-order chi connectivity index (χ1) is 13.4. The number of thiophene rings is 1. The number of aryl methyl sites for hydroxylation is 3. The monoisotopic (exact) mass is 467 g/mol. The van der Waals surface area contributed by atoms with Gasteiger partial charge in [0.1, 0.15) is 5.00 Å². The number of aromatic nitrogens is 2. The lowest BCUT2D eigenvalue weighted by Gasteiger charge is -2.15. The number of hydrogen-bond acceptors (Lipinski definition) is 5. The maximum Gasteiger partial charge on any atom is 0.341 e. The Balaban J connectivity index is 1.73. The minimum absolute atomic E-state index is 0.125. The molecule has 2 aromatic heterocycles. The molecule has 3 rings (SSSR count). The number of fused-ring (bicyclic) bond motifs is 1. The quantitative estimate of drug-likeness (QED) is 0.588. The summed E-state index contributed by atoms with van der Waals surface area (Å²) in [5.74, 6) is -0.448. The van der Waals surface area contributed by atoms with Crippen LogP contribution in [0.5, 0.6) is 0 Å². The Labute approximate surface area is 177 Å². The van der Waals surface area contributed by atoms with Crippen LogP contribution in [0.4, 0.5) is 5.00 Å². The lowest BCUT2D eigenvalue weighted by molar-refractivity contribution is -0.116. The van der Waals surface area contributed by atoms with Crippen molar-refractivity contribution in [3.05, 3.63) is 32.4 Å². The van der Waals surface area contributed by atoms with Gasteiger partial charge in [0.25, 0.3) is 0 Å². The van der Waals surface area contributed by atoms with Crippen LogP contribution in [0, 0.1) is 6.92 Å². The number of esters is 1. The van der Waals surface area contributed by atoms with Gasteiger partial charge >= 0.3 is 5.97 Å². The predicted molar refractivity (Wildman–Crippen MR) is 114 cm³/mol. The van der Waals surface area contributed by atoms with Crippen LogP contribution >= 0.6 is 27.3 Å². The average molecular weight is 468 g/mol. The molecule has 0 saturated heterocycles. The molecule has 1 atom stereocenters. The first-order valence-corrected chi connectivity index (χ1v) is 11.3. The molecule has 0 radical (unpaired) electrons. The second-order valence-electron chi connectivity index (χ2n) is 7.16. The van der Waals surface area contributed by atoms with E-state index in [0.29, 0.717) is 17.1 Å². The molecular weight excluding hydrogens is 442 g/mol. The minimum atomic E-state index is -0.323. The molecular formula is C20H26BrN3O3S. The van der Waals surface area contributed by atoms with Crippen molar-refractivity contribution in [2.45, 2.75) is 71.9 Å². The SMILES string of the molecule is CCC(C)OC(=O)c1c(NC(=O)CCn2cc(Br)c(C)n2)sc2c1CCCC2. The van der Waals surface area contributed by atoms with E-state index in [9.17, 15) is 9.59 Å². The Morgan fingerprint density at radius 3 is 2.82 bits per heavy atom. The molecule has 2 aromatic rings. The van der Waals surface area contributed by atoms with Gasteiger partial charge in [-0.1, -0.05) is 6.92 Å². The maximum atomic E-state index is 12.8. The van der Waals surface area contributed by atoms with Gasteiger partial charge in [0.15, 0.2) is 0 Å². The molecule has 1 aliphatic rings. The molecule has 0 spiro atoms. The molecule has 152 valence electrons. The molecule has 8 heteroatoms. The van der Waals surface area contributed by atoms with E-state index in [-0.39, 0.29) is 24.4 Å². The summed E-state index contributed by atoms with van der Waals surface area (Å²) in [7, 11) is 0. The van der Waals surface area contributed by atoms with E-state index >= 15 is 0 Å². The van der Waals surface area contributed by atoms with E-state index in [2.05, 4.69) is 26.3 Å². The van der Waals surface area contributed by atoms with Gasteiger partial charge in [-0.3, -0.25) is 9.48 Å². The molecule has 2 heterocycles. The van der Waals surface area contributed by atoms with Crippen LogP contribution < -0.4 is 5.32 Å². The van der Waals surface area contributed by atoms with E-state index in [4.69, 9.17) is 4.74 Å². The van der Waals surface area contributed by atoms with Crippen LogP contribution in [0.25, 0.3) is 0 Å².